The number of anilines is 2. The zero-order valence-corrected chi connectivity index (χ0v) is 12.5. The Bertz CT molecular complexity index is 441. The first kappa shape index (κ1) is 13.6. The maximum atomic E-state index is 5.83. The highest BCUT2D eigenvalue weighted by atomic mass is 16.5. The lowest BCUT2D eigenvalue weighted by Crippen LogP contribution is -2.40. The van der Waals surface area contributed by atoms with Crippen LogP contribution in [0.3, 0.4) is 0 Å². The molecule has 1 aliphatic carbocycles. The average Bonchev–Trinajstić information content (AvgIpc) is 2.53. The molecule has 1 fully saturated rings. The van der Waals surface area contributed by atoms with Gasteiger partial charge in [0.1, 0.15) is 11.4 Å². The van der Waals surface area contributed by atoms with Crippen molar-refractivity contribution >= 4 is 11.4 Å². The first-order valence-electron chi connectivity index (χ1n) is 8.14. The lowest BCUT2D eigenvalue weighted by atomic mass is 9.83. The number of hydrogen-bond acceptors (Lipinski definition) is 3. The molecule has 1 atom stereocenters. The quantitative estimate of drug-likeness (QED) is 0.860. The van der Waals surface area contributed by atoms with Crippen LogP contribution in [-0.4, -0.2) is 19.2 Å². The second-order valence-corrected chi connectivity index (χ2v) is 6.06. The van der Waals surface area contributed by atoms with Crippen LogP contribution in [0.1, 0.15) is 45.4 Å². The van der Waals surface area contributed by atoms with E-state index in [4.69, 9.17) is 4.74 Å². The largest absolute Gasteiger partial charge is 0.491 e. The van der Waals surface area contributed by atoms with Gasteiger partial charge in [-0.05, 0) is 37.3 Å². The van der Waals surface area contributed by atoms with E-state index in [1.165, 1.54) is 37.8 Å². The second-order valence-electron chi connectivity index (χ2n) is 6.06. The Morgan fingerprint density at radius 2 is 2.05 bits per heavy atom. The van der Waals surface area contributed by atoms with Gasteiger partial charge < -0.3 is 15.4 Å². The van der Waals surface area contributed by atoms with E-state index in [9.17, 15) is 0 Å². The van der Waals surface area contributed by atoms with E-state index >= 15 is 0 Å². The van der Waals surface area contributed by atoms with Crippen LogP contribution in [0.15, 0.2) is 18.2 Å². The summed E-state index contributed by atoms with van der Waals surface area (Å²) in [6.45, 7) is 3.94. The molecule has 3 nitrogen and oxygen atoms in total. The van der Waals surface area contributed by atoms with Gasteiger partial charge in [0.25, 0.3) is 0 Å². The molecule has 1 heterocycles. The van der Waals surface area contributed by atoms with Crippen LogP contribution in [0.4, 0.5) is 11.4 Å². The first-order chi connectivity index (χ1) is 9.88. The van der Waals surface area contributed by atoms with Gasteiger partial charge in [0.2, 0.25) is 0 Å². The van der Waals surface area contributed by atoms with Gasteiger partial charge in [0.15, 0.2) is 0 Å². The number of fused-ring (bicyclic) bond motifs is 1. The summed E-state index contributed by atoms with van der Waals surface area (Å²) in [5.41, 5.74) is 2.36. The zero-order valence-electron chi connectivity index (χ0n) is 12.5. The van der Waals surface area contributed by atoms with Gasteiger partial charge in [-0.3, -0.25) is 0 Å². The molecule has 1 aromatic rings. The van der Waals surface area contributed by atoms with Crippen molar-refractivity contribution in [3.63, 3.8) is 0 Å². The molecular weight excluding hydrogens is 248 g/mol. The van der Waals surface area contributed by atoms with Crippen LogP contribution >= 0.6 is 0 Å². The summed E-state index contributed by atoms with van der Waals surface area (Å²) in [5, 5.41) is 7.34. The maximum absolute atomic E-state index is 5.83. The number of rotatable bonds is 4. The van der Waals surface area contributed by atoms with Crippen molar-refractivity contribution in [1.29, 1.82) is 0 Å². The van der Waals surface area contributed by atoms with Gasteiger partial charge in [-0.15, -0.1) is 0 Å². The molecule has 3 heteroatoms. The highest BCUT2D eigenvalue weighted by Gasteiger charge is 2.27. The van der Waals surface area contributed by atoms with Crippen molar-refractivity contribution in [2.24, 2.45) is 5.92 Å². The van der Waals surface area contributed by atoms with Crippen molar-refractivity contribution in [2.75, 3.05) is 23.8 Å². The molecule has 2 N–H and O–H groups in total. The van der Waals surface area contributed by atoms with Crippen molar-refractivity contribution in [2.45, 2.75) is 51.5 Å². The minimum absolute atomic E-state index is 0.573. The molecule has 110 valence electrons. The average molecular weight is 274 g/mol. The SMILES string of the molecule is CCCOc1cccc2c1NCC(C1CCCCC1)N2. The standard InChI is InChI=1S/C17H26N2O/c1-2-11-20-16-10-6-9-14-17(16)18-12-15(19-14)13-7-4-3-5-8-13/h6,9-10,13,15,18-19H,2-5,7-8,11-12H2,1H3. The lowest BCUT2D eigenvalue weighted by Gasteiger charge is -2.36. The van der Waals surface area contributed by atoms with E-state index < -0.39 is 0 Å². The summed E-state index contributed by atoms with van der Waals surface area (Å²) in [7, 11) is 0. The Kier molecular flexibility index (Phi) is 4.34. The zero-order chi connectivity index (χ0) is 13.8. The predicted molar refractivity (Wildman–Crippen MR) is 84.7 cm³/mol. The molecule has 20 heavy (non-hydrogen) atoms. The third-order valence-corrected chi connectivity index (χ3v) is 4.55. The number of benzene rings is 1. The van der Waals surface area contributed by atoms with Crippen molar-refractivity contribution < 1.29 is 4.74 Å². The van der Waals surface area contributed by atoms with E-state index in [2.05, 4.69) is 35.8 Å². The minimum Gasteiger partial charge on any atom is -0.491 e. The van der Waals surface area contributed by atoms with Crippen LogP contribution in [-0.2, 0) is 0 Å². The summed E-state index contributed by atoms with van der Waals surface area (Å²) < 4.78 is 5.83. The van der Waals surface area contributed by atoms with Gasteiger partial charge in [0, 0.05) is 12.6 Å². The molecule has 1 unspecified atom stereocenters. The molecule has 0 aromatic heterocycles. The van der Waals surface area contributed by atoms with E-state index in [-0.39, 0.29) is 0 Å². The first-order valence-corrected chi connectivity index (χ1v) is 8.14. The Morgan fingerprint density at radius 3 is 2.85 bits per heavy atom. The van der Waals surface area contributed by atoms with Gasteiger partial charge in [-0.2, -0.15) is 0 Å². The Labute approximate surface area is 122 Å². The molecule has 0 saturated heterocycles. The Hall–Kier alpha value is -1.38. The van der Waals surface area contributed by atoms with Gasteiger partial charge in [0.05, 0.1) is 12.3 Å². The fraction of sp³-hybridized carbons (Fsp3) is 0.647. The lowest BCUT2D eigenvalue weighted by molar-refractivity contribution is 0.313. The third-order valence-electron chi connectivity index (χ3n) is 4.55. The molecular formula is C17H26N2O. The van der Waals surface area contributed by atoms with Gasteiger partial charge >= 0.3 is 0 Å². The highest BCUT2D eigenvalue weighted by molar-refractivity contribution is 5.77. The maximum Gasteiger partial charge on any atom is 0.144 e. The van der Waals surface area contributed by atoms with E-state index in [0.717, 1.165) is 36.9 Å². The molecule has 0 bridgehead atoms. The van der Waals surface area contributed by atoms with E-state index in [1.807, 2.05) is 0 Å². The summed E-state index contributed by atoms with van der Waals surface area (Å²) in [6.07, 6.45) is 8.01. The minimum atomic E-state index is 0.573. The smallest absolute Gasteiger partial charge is 0.144 e. The van der Waals surface area contributed by atoms with Crippen LogP contribution < -0.4 is 15.4 Å². The van der Waals surface area contributed by atoms with Crippen molar-refractivity contribution in [1.82, 2.24) is 0 Å². The van der Waals surface area contributed by atoms with Crippen molar-refractivity contribution in [3.8, 4) is 5.75 Å². The molecule has 1 aliphatic heterocycles. The Morgan fingerprint density at radius 1 is 1.20 bits per heavy atom. The second kappa shape index (κ2) is 6.38. The van der Waals surface area contributed by atoms with Gasteiger partial charge in [-0.25, -0.2) is 0 Å². The van der Waals surface area contributed by atoms with Crippen LogP contribution in [0, 0.1) is 5.92 Å². The summed E-state index contributed by atoms with van der Waals surface area (Å²) in [4.78, 5) is 0. The molecule has 1 aromatic carbocycles. The molecule has 2 aliphatic rings. The highest BCUT2D eigenvalue weighted by Crippen LogP contribution is 2.38. The van der Waals surface area contributed by atoms with E-state index in [1.54, 1.807) is 0 Å². The topological polar surface area (TPSA) is 33.3 Å². The van der Waals surface area contributed by atoms with Crippen LogP contribution in [0.5, 0.6) is 5.75 Å². The van der Waals surface area contributed by atoms with E-state index in [0.29, 0.717) is 6.04 Å². The predicted octanol–water partition coefficient (Wildman–Crippen LogP) is 4.26. The summed E-state index contributed by atoms with van der Waals surface area (Å²) in [5.74, 6) is 1.81. The molecule has 3 rings (SSSR count). The number of ether oxygens (including phenoxy) is 1. The molecule has 0 spiro atoms. The van der Waals surface area contributed by atoms with Crippen LogP contribution in [0.2, 0.25) is 0 Å². The van der Waals surface area contributed by atoms with Crippen molar-refractivity contribution in [3.05, 3.63) is 18.2 Å². The molecule has 1 saturated carbocycles. The number of hydrogen-bond donors (Lipinski definition) is 2. The fourth-order valence-electron chi connectivity index (χ4n) is 3.45. The molecule has 0 amide bonds. The Balaban J connectivity index is 1.71. The number of para-hydroxylation sites is 1. The normalized spacial score (nSPS) is 22.6. The monoisotopic (exact) mass is 274 g/mol. The van der Waals surface area contributed by atoms with Crippen LogP contribution in [0.25, 0.3) is 0 Å². The third kappa shape index (κ3) is 2.87. The molecule has 0 radical (unpaired) electrons. The fourth-order valence-corrected chi connectivity index (χ4v) is 3.45. The summed E-state index contributed by atoms with van der Waals surface area (Å²) in [6, 6.07) is 6.88. The van der Waals surface area contributed by atoms with Gasteiger partial charge in [-0.1, -0.05) is 32.3 Å². The summed E-state index contributed by atoms with van der Waals surface area (Å²) >= 11 is 0. The number of nitrogens with one attached hydrogen (secondary N) is 2.